The molecular formula is C21H34O2. The average Bonchev–Trinajstić information content (AvgIpc) is 2.44. The van der Waals surface area contributed by atoms with Crippen LogP contribution in [0.5, 0.6) is 0 Å². The third kappa shape index (κ3) is 15.1. The van der Waals surface area contributed by atoms with Gasteiger partial charge in [0.2, 0.25) is 0 Å². The fourth-order valence-corrected chi connectivity index (χ4v) is 2.25. The summed E-state index contributed by atoms with van der Waals surface area (Å²) in [5.74, 6) is -0.761. The highest BCUT2D eigenvalue weighted by atomic mass is 16.4. The van der Waals surface area contributed by atoms with E-state index in [1.165, 1.54) is 16.7 Å². The van der Waals surface area contributed by atoms with Gasteiger partial charge in [0.25, 0.3) is 0 Å². The van der Waals surface area contributed by atoms with E-state index in [0.29, 0.717) is 0 Å². The van der Waals surface area contributed by atoms with E-state index in [0.717, 1.165) is 44.1 Å². The van der Waals surface area contributed by atoms with Crippen LogP contribution in [0.4, 0.5) is 0 Å². The molecule has 0 fully saturated rings. The van der Waals surface area contributed by atoms with Crippen LogP contribution in [0, 0.1) is 0 Å². The van der Waals surface area contributed by atoms with Crippen molar-refractivity contribution in [2.24, 2.45) is 0 Å². The molecular weight excluding hydrogens is 284 g/mol. The van der Waals surface area contributed by atoms with E-state index in [1.54, 1.807) is 0 Å². The van der Waals surface area contributed by atoms with E-state index >= 15 is 0 Å². The lowest BCUT2D eigenvalue weighted by Crippen LogP contribution is -1.91. The zero-order chi connectivity index (χ0) is 17.7. The van der Waals surface area contributed by atoms with Gasteiger partial charge in [0.15, 0.2) is 0 Å². The lowest BCUT2D eigenvalue weighted by molar-refractivity contribution is -0.136. The van der Waals surface area contributed by atoms with Crippen LogP contribution in [0.2, 0.25) is 0 Å². The van der Waals surface area contributed by atoms with Crippen LogP contribution < -0.4 is 0 Å². The SMILES string of the molecule is CC(C)=CCC/C(C)=C/CC/C(C)=C/CC/C(C)=C/CC(=O)O. The number of carboxylic acids is 1. The van der Waals surface area contributed by atoms with Gasteiger partial charge in [-0.2, -0.15) is 0 Å². The second-order valence-electron chi connectivity index (χ2n) is 6.65. The topological polar surface area (TPSA) is 37.3 Å². The van der Waals surface area contributed by atoms with Crippen molar-refractivity contribution in [1.29, 1.82) is 0 Å². The van der Waals surface area contributed by atoms with Crippen molar-refractivity contribution in [3.05, 3.63) is 46.6 Å². The summed E-state index contributed by atoms with van der Waals surface area (Å²) in [4.78, 5) is 10.5. The highest BCUT2D eigenvalue weighted by Gasteiger charge is 1.95. The van der Waals surface area contributed by atoms with Crippen molar-refractivity contribution >= 4 is 5.97 Å². The first-order chi connectivity index (χ1) is 10.8. The third-order valence-corrected chi connectivity index (χ3v) is 3.78. The highest BCUT2D eigenvalue weighted by molar-refractivity contribution is 5.68. The Morgan fingerprint density at radius 1 is 0.696 bits per heavy atom. The van der Waals surface area contributed by atoms with Gasteiger partial charge in [-0.15, -0.1) is 0 Å². The molecule has 0 radical (unpaired) electrons. The number of carbonyl (C=O) groups is 1. The monoisotopic (exact) mass is 318 g/mol. The van der Waals surface area contributed by atoms with Gasteiger partial charge in [-0.25, -0.2) is 0 Å². The van der Waals surface area contributed by atoms with Crippen LogP contribution in [0.15, 0.2) is 46.6 Å². The molecule has 2 heteroatoms. The third-order valence-electron chi connectivity index (χ3n) is 3.78. The maximum atomic E-state index is 10.5. The molecule has 0 unspecified atom stereocenters. The predicted octanol–water partition coefficient (Wildman–Crippen LogP) is 6.61. The number of hydrogen-bond donors (Lipinski definition) is 1. The van der Waals surface area contributed by atoms with Crippen molar-refractivity contribution in [2.45, 2.75) is 79.6 Å². The van der Waals surface area contributed by atoms with Gasteiger partial charge in [0.05, 0.1) is 6.42 Å². The molecule has 130 valence electrons. The molecule has 0 atom stereocenters. The average molecular weight is 319 g/mol. The Hall–Kier alpha value is -1.57. The van der Waals surface area contributed by atoms with Gasteiger partial charge in [0, 0.05) is 0 Å². The van der Waals surface area contributed by atoms with E-state index in [2.05, 4.69) is 45.9 Å². The molecule has 0 aliphatic rings. The van der Waals surface area contributed by atoms with Gasteiger partial charge >= 0.3 is 5.97 Å². The summed E-state index contributed by atoms with van der Waals surface area (Å²) in [6, 6.07) is 0. The molecule has 1 N–H and O–H groups in total. The van der Waals surface area contributed by atoms with Gasteiger partial charge in [-0.05, 0) is 73.1 Å². The minimum atomic E-state index is -0.761. The first kappa shape index (κ1) is 21.4. The largest absolute Gasteiger partial charge is 0.481 e. The van der Waals surface area contributed by atoms with Crippen molar-refractivity contribution in [1.82, 2.24) is 0 Å². The smallest absolute Gasteiger partial charge is 0.307 e. The van der Waals surface area contributed by atoms with Crippen molar-refractivity contribution < 1.29 is 9.90 Å². The normalized spacial score (nSPS) is 13.2. The van der Waals surface area contributed by atoms with E-state index in [4.69, 9.17) is 5.11 Å². The Kier molecular flexibility index (Phi) is 12.0. The summed E-state index contributed by atoms with van der Waals surface area (Å²) in [6.07, 6.45) is 15.3. The lowest BCUT2D eigenvalue weighted by Gasteiger charge is -2.02. The second kappa shape index (κ2) is 12.9. The first-order valence-corrected chi connectivity index (χ1v) is 8.63. The molecule has 0 aromatic rings. The minimum absolute atomic E-state index is 0.130. The summed E-state index contributed by atoms with van der Waals surface area (Å²) >= 11 is 0. The molecule has 0 saturated carbocycles. The number of aliphatic carboxylic acids is 1. The zero-order valence-electron chi connectivity index (χ0n) is 15.6. The summed E-state index contributed by atoms with van der Waals surface area (Å²) in [6.45, 7) is 10.7. The van der Waals surface area contributed by atoms with Crippen molar-refractivity contribution in [3.8, 4) is 0 Å². The molecule has 0 aliphatic heterocycles. The molecule has 0 aliphatic carbocycles. The molecule has 0 spiro atoms. The molecule has 0 bridgehead atoms. The fourth-order valence-electron chi connectivity index (χ4n) is 2.25. The van der Waals surface area contributed by atoms with Crippen molar-refractivity contribution in [2.75, 3.05) is 0 Å². The van der Waals surface area contributed by atoms with Crippen LogP contribution in [0.25, 0.3) is 0 Å². The summed E-state index contributed by atoms with van der Waals surface area (Å²) in [5, 5.41) is 8.63. The predicted molar refractivity (Wildman–Crippen MR) is 101 cm³/mol. The maximum Gasteiger partial charge on any atom is 0.307 e. The van der Waals surface area contributed by atoms with E-state index < -0.39 is 5.97 Å². The summed E-state index contributed by atoms with van der Waals surface area (Å²) in [5.41, 5.74) is 5.45. The Bertz CT molecular complexity index is 472. The molecule has 0 aromatic heterocycles. The minimum Gasteiger partial charge on any atom is -0.481 e. The number of carboxylic acid groups (broad SMARTS) is 1. The molecule has 0 amide bonds. The van der Waals surface area contributed by atoms with E-state index in [9.17, 15) is 4.79 Å². The molecule has 0 rings (SSSR count). The second-order valence-corrected chi connectivity index (χ2v) is 6.65. The highest BCUT2D eigenvalue weighted by Crippen LogP contribution is 2.13. The Labute approximate surface area is 142 Å². The van der Waals surface area contributed by atoms with Crippen molar-refractivity contribution in [3.63, 3.8) is 0 Å². The van der Waals surface area contributed by atoms with Gasteiger partial charge in [-0.1, -0.05) is 46.6 Å². The van der Waals surface area contributed by atoms with Gasteiger partial charge in [-0.3, -0.25) is 4.79 Å². The zero-order valence-corrected chi connectivity index (χ0v) is 15.6. The van der Waals surface area contributed by atoms with Crippen LogP contribution in [-0.4, -0.2) is 11.1 Å². The Morgan fingerprint density at radius 2 is 1.09 bits per heavy atom. The molecule has 0 saturated heterocycles. The first-order valence-electron chi connectivity index (χ1n) is 8.63. The summed E-state index contributed by atoms with van der Waals surface area (Å²) < 4.78 is 0. The number of allylic oxidation sites excluding steroid dienone is 7. The Balaban J connectivity index is 4.00. The molecule has 23 heavy (non-hydrogen) atoms. The fraction of sp³-hybridized carbons (Fsp3) is 0.571. The Morgan fingerprint density at radius 3 is 1.48 bits per heavy atom. The standard InChI is InChI=1S/C21H34O2/c1-17(2)9-6-10-18(3)11-7-12-19(4)13-8-14-20(5)15-16-21(22)23/h9,11,13,15H,6-8,10,12,14,16H2,1-5H3,(H,22,23)/b18-11+,19-13+,20-15+. The quantitative estimate of drug-likeness (QED) is 0.435. The molecule has 2 nitrogen and oxygen atoms in total. The molecule has 0 heterocycles. The van der Waals surface area contributed by atoms with Crippen LogP contribution in [0.3, 0.4) is 0 Å². The summed E-state index contributed by atoms with van der Waals surface area (Å²) in [7, 11) is 0. The number of hydrogen-bond acceptors (Lipinski definition) is 1. The van der Waals surface area contributed by atoms with Gasteiger partial charge in [0.1, 0.15) is 0 Å². The molecule has 0 aromatic carbocycles. The van der Waals surface area contributed by atoms with Crippen LogP contribution in [-0.2, 0) is 4.79 Å². The van der Waals surface area contributed by atoms with E-state index in [1.807, 2.05) is 13.0 Å². The van der Waals surface area contributed by atoms with E-state index in [-0.39, 0.29) is 6.42 Å². The number of rotatable bonds is 11. The maximum absolute atomic E-state index is 10.5. The van der Waals surface area contributed by atoms with Crippen LogP contribution >= 0.6 is 0 Å². The van der Waals surface area contributed by atoms with Crippen LogP contribution in [0.1, 0.15) is 79.6 Å². The van der Waals surface area contributed by atoms with Gasteiger partial charge < -0.3 is 5.11 Å². The lowest BCUT2D eigenvalue weighted by atomic mass is 10.0.